The van der Waals surface area contributed by atoms with Crippen molar-refractivity contribution in [3.8, 4) is 11.5 Å². The quantitative estimate of drug-likeness (QED) is 0.574. The Balaban J connectivity index is 1.91. The van der Waals surface area contributed by atoms with Crippen molar-refractivity contribution in [3.05, 3.63) is 63.6 Å². The van der Waals surface area contributed by atoms with Crippen molar-refractivity contribution in [1.82, 2.24) is 10.2 Å². The van der Waals surface area contributed by atoms with E-state index in [0.717, 1.165) is 4.90 Å². The number of nitrogens with zero attached hydrogens (tertiary/aromatic N) is 1. The topological polar surface area (TPSA) is 95.9 Å². The molecule has 0 aliphatic carbocycles. The minimum Gasteiger partial charge on any atom is -0.506 e. The molecule has 0 unspecified atom stereocenters. The number of carbonyl (C=O) groups is 3. The molecular weight excluding hydrogens is 416 g/mol. The van der Waals surface area contributed by atoms with Crippen molar-refractivity contribution >= 4 is 39.9 Å². The second-order valence-electron chi connectivity index (χ2n) is 5.73. The van der Waals surface area contributed by atoms with Gasteiger partial charge in [-0.05, 0) is 45.8 Å². The number of methoxy groups -OCH3 is 1. The van der Waals surface area contributed by atoms with Crippen molar-refractivity contribution in [2.24, 2.45) is 0 Å². The molecule has 1 aliphatic heterocycles. The van der Waals surface area contributed by atoms with Crippen LogP contribution in [0.25, 0.3) is 6.08 Å². The number of carbonyl (C=O) groups excluding carboxylic acids is 3. The van der Waals surface area contributed by atoms with Crippen LogP contribution in [0.4, 0.5) is 4.79 Å². The smallest absolute Gasteiger partial charge is 0.331 e. The molecule has 2 N–H and O–H groups in total. The van der Waals surface area contributed by atoms with Gasteiger partial charge in [0.15, 0.2) is 0 Å². The average Bonchev–Trinajstić information content (AvgIpc) is 2.66. The summed E-state index contributed by atoms with van der Waals surface area (Å²) in [6.45, 7) is -0.0102. The van der Waals surface area contributed by atoms with Gasteiger partial charge in [0.1, 0.15) is 17.1 Å². The predicted molar refractivity (Wildman–Crippen MR) is 101 cm³/mol. The molecular formula is C19H15BrN2O5. The van der Waals surface area contributed by atoms with E-state index in [1.807, 2.05) is 0 Å². The summed E-state index contributed by atoms with van der Waals surface area (Å²) in [6, 6.07) is 10.9. The zero-order valence-electron chi connectivity index (χ0n) is 14.2. The Morgan fingerprint density at radius 1 is 1.15 bits per heavy atom. The summed E-state index contributed by atoms with van der Waals surface area (Å²) in [4.78, 5) is 37.9. The molecule has 8 heteroatoms. The molecule has 0 bridgehead atoms. The number of hydrogen-bond acceptors (Lipinski definition) is 5. The monoisotopic (exact) mass is 430 g/mol. The van der Waals surface area contributed by atoms with Gasteiger partial charge < -0.3 is 9.84 Å². The van der Waals surface area contributed by atoms with Crippen LogP contribution in [-0.4, -0.2) is 35.0 Å². The van der Waals surface area contributed by atoms with Gasteiger partial charge in [-0.3, -0.25) is 19.8 Å². The zero-order chi connectivity index (χ0) is 19.6. The summed E-state index contributed by atoms with van der Waals surface area (Å²) in [5, 5.41) is 12.2. The first-order chi connectivity index (χ1) is 12.9. The molecule has 4 amide bonds. The van der Waals surface area contributed by atoms with Gasteiger partial charge in [-0.1, -0.05) is 24.3 Å². The minimum absolute atomic E-state index is 0.0102. The molecule has 1 saturated heterocycles. The summed E-state index contributed by atoms with van der Waals surface area (Å²) in [6.07, 6.45) is 1.26. The summed E-state index contributed by atoms with van der Waals surface area (Å²) >= 11 is 3.18. The molecule has 1 aliphatic rings. The number of hydrogen-bond donors (Lipinski definition) is 2. The Morgan fingerprint density at radius 3 is 2.52 bits per heavy atom. The normalized spacial score (nSPS) is 15.9. The maximum atomic E-state index is 12.7. The number of phenolic OH excluding ortho intramolecular Hbond substituents is 1. The lowest BCUT2D eigenvalue weighted by molar-refractivity contribution is -0.130. The molecule has 3 rings (SSSR count). The van der Waals surface area contributed by atoms with Crippen molar-refractivity contribution in [3.63, 3.8) is 0 Å². The van der Waals surface area contributed by atoms with Gasteiger partial charge >= 0.3 is 6.03 Å². The minimum atomic E-state index is -0.810. The van der Waals surface area contributed by atoms with Crippen molar-refractivity contribution in [2.75, 3.05) is 7.11 Å². The molecule has 0 atom stereocenters. The third-order valence-electron chi connectivity index (χ3n) is 4.00. The van der Waals surface area contributed by atoms with E-state index in [1.54, 1.807) is 42.5 Å². The van der Waals surface area contributed by atoms with E-state index in [-0.39, 0.29) is 23.4 Å². The predicted octanol–water partition coefficient (Wildman–Crippen LogP) is 2.83. The van der Waals surface area contributed by atoms with Crippen LogP contribution < -0.4 is 10.1 Å². The number of ether oxygens (including phenoxy) is 1. The summed E-state index contributed by atoms with van der Waals surface area (Å²) in [5.74, 6) is -1.01. The number of aromatic hydroxyl groups is 1. The molecule has 1 fully saturated rings. The lowest BCUT2D eigenvalue weighted by atomic mass is 10.1. The molecule has 138 valence electrons. The van der Waals surface area contributed by atoms with Crippen LogP contribution in [0.3, 0.4) is 0 Å². The molecule has 27 heavy (non-hydrogen) atoms. The number of amides is 4. The second-order valence-corrected chi connectivity index (χ2v) is 6.59. The number of benzene rings is 2. The Hall–Kier alpha value is -3.13. The molecule has 2 aromatic rings. The molecule has 7 nitrogen and oxygen atoms in total. The lowest BCUT2D eigenvalue weighted by Crippen LogP contribution is -2.53. The van der Waals surface area contributed by atoms with E-state index in [4.69, 9.17) is 4.74 Å². The number of phenols is 1. The number of para-hydroxylation sites is 1. The average molecular weight is 431 g/mol. The standard InChI is InChI=1S/C19H15BrN2O5/c1-27-13-7-5-11(6-8-13)10-22-18(25)14(17(24)21-19(22)26)9-12-3-2-4-15(20)16(12)23/h2-9,23H,10H2,1H3,(H,21,24,26)/b14-9+. The van der Waals surface area contributed by atoms with Crippen molar-refractivity contribution in [1.29, 1.82) is 0 Å². The molecule has 0 spiro atoms. The van der Waals surface area contributed by atoms with Crippen molar-refractivity contribution in [2.45, 2.75) is 6.54 Å². The fraction of sp³-hybridized carbons (Fsp3) is 0.105. The zero-order valence-corrected chi connectivity index (χ0v) is 15.8. The van der Waals surface area contributed by atoms with E-state index >= 15 is 0 Å². The highest BCUT2D eigenvalue weighted by Crippen LogP contribution is 2.30. The summed E-state index contributed by atoms with van der Waals surface area (Å²) in [5.41, 5.74) is 0.733. The highest BCUT2D eigenvalue weighted by atomic mass is 79.9. The maximum Gasteiger partial charge on any atom is 0.331 e. The highest BCUT2D eigenvalue weighted by molar-refractivity contribution is 9.10. The number of imide groups is 2. The van der Waals surface area contributed by atoms with Crippen LogP contribution in [-0.2, 0) is 16.1 Å². The van der Waals surface area contributed by atoms with E-state index in [0.29, 0.717) is 15.8 Å². The molecule has 1 heterocycles. The third-order valence-corrected chi connectivity index (χ3v) is 4.64. The van der Waals surface area contributed by atoms with Crippen LogP contribution in [0.2, 0.25) is 0 Å². The number of barbiturate groups is 1. The van der Waals surface area contributed by atoms with Gasteiger partial charge in [0, 0.05) is 5.56 Å². The second kappa shape index (κ2) is 7.63. The van der Waals surface area contributed by atoms with Crippen LogP contribution in [0.5, 0.6) is 11.5 Å². The van der Waals surface area contributed by atoms with E-state index in [1.165, 1.54) is 13.2 Å². The maximum absolute atomic E-state index is 12.7. The fourth-order valence-electron chi connectivity index (χ4n) is 2.56. The van der Waals surface area contributed by atoms with E-state index in [2.05, 4.69) is 21.2 Å². The van der Waals surface area contributed by atoms with Crippen molar-refractivity contribution < 1.29 is 24.2 Å². The summed E-state index contributed by atoms with van der Waals surface area (Å²) in [7, 11) is 1.54. The van der Waals surface area contributed by atoms with Gasteiger partial charge in [-0.15, -0.1) is 0 Å². The largest absolute Gasteiger partial charge is 0.506 e. The third kappa shape index (κ3) is 3.85. The molecule has 0 radical (unpaired) electrons. The van der Waals surface area contributed by atoms with Crippen LogP contribution in [0.1, 0.15) is 11.1 Å². The number of nitrogens with one attached hydrogen (secondary N) is 1. The Morgan fingerprint density at radius 2 is 1.85 bits per heavy atom. The first-order valence-corrected chi connectivity index (χ1v) is 8.69. The van der Waals surface area contributed by atoms with Crippen LogP contribution in [0, 0.1) is 0 Å². The highest BCUT2D eigenvalue weighted by Gasteiger charge is 2.35. The van der Waals surface area contributed by atoms with E-state index in [9.17, 15) is 19.5 Å². The first-order valence-electron chi connectivity index (χ1n) is 7.90. The summed E-state index contributed by atoms with van der Waals surface area (Å²) < 4.78 is 5.50. The van der Waals surface area contributed by atoms with Gasteiger partial charge in [0.05, 0.1) is 18.1 Å². The van der Waals surface area contributed by atoms with E-state index < -0.39 is 17.8 Å². The number of urea groups is 1. The molecule has 0 saturated carbocycles. The Kier molecular flexibility index (Phi) is 5.27. The first kappa shape index (κ1) is 18.7. The SMILES string of the molecule is COc1ccc(CN2C(=O)NC(=O)/C(=C\c3cccc(Br)c3O)C2=O)cc1. The fourth-order valence-corrected chi connectivity index (χ4v) is 2.94. The molecule has 0 aromatic heterocycles. The molecule has 2 aromatic carbocycles. The lowest BCUT2D eigenvalue weighted by Gasteiger charge is -2.26. The van der Waals surface area contributed by atoms with Gasteiger partial charge in [0.25, 0.3) is 11.8 Å². The van der Waals surface area contributed by atoms with Crippen LogP contribution >= 0.6 is 15.9 Å². The van der Waals surface area contributed by atoms with Gasteiger partial charge in [-0.2, -0.15) is 0 Å². The Bertz CT molecular complexity index is 953. The van der Waals surface area contributed by atoms with Gasteiger partial charge in [0.2, 0.25) is 0 Å². The Labute approximate surface area is 163 Å². The number of halogens is 1. The van der Waals surface area contributed by atoms with Gasteiger partial charge in [-0.25, -0.2) is 4.79 Å². The number of rotatable bonds is 4. The van der Waals surface area contributed by atoms with Crippen LogP contribution in [0.15, 0.2) is 52.5 Å².